The molecule has 1 fully saturated rings. The summed E-state index contributed by atoms with van der Waals surface area (Å²) in [5.74, 6) is 2.00. The molecule has 0 radical (unpaired) electrons. The van der Waals surface area contributed by atoms with Crippen LogP contribution in [0.3, 0.4) is 0 Å². The average Bonchev–Trinajstić information content (AvgIpc) is 3.01. The predicted octanol–water partition coefficient (Wildman–Crippen LogP) is 2.01. The van der Waals surface area contributed by atoms with Crippen LogP contribution < -0.4 is 15.2 Å². The summed E-state index contributed by atoms with van der Waals surface area (Å²) in [6.07, 6.45) is 3.29. The van der Waals surface area contributed by atoms with Crippen molar-refractivity contribution in [2.24, 2.45) is 5.73 Å². The monoisotopic (exact) mass is 233 g/mol. The van der Waals surface area contributed by atoms with Crippen molar-refractivity contribution in [2.75, 3.05) is 13.7 Å². The van der Waals surface area contributed by atoms with Crippen molar-refractivity contribution in [3.63, 3.8) is 0 Å². The molecular weight excluding hydrogens is 214 g/mol. The van der Waals surface area contributed by atoms with Gasteiger partial charge in [-0.15, -0.1) is 0 Å². The zero-order chi connectivity index (χ0) is 12.0. The third-order valence-electron chi connectivity index (χ3n) is 4.21. The molecule has 0 amide bonds. The van der Waals surface area contributed by atoms with Crippen molar-refractivity contribution in [2.45, 2.75) is 37.6 Å². The van der Waals surface area contributed by atoms with E-state index in [9.17, 15) is 0 Å². The molecule has 1 atom stereocenters. The molecule has 1 heterocycles. The van der Waals surface area contributed by atoms with Gasteiger partial charge in [0.2, 0.25) is 0 Å². The lowest BCUT2D eigenvalue weighted by Gasteiger charge is -2.23. The van der Waals surface area contributed by atoms with Gasteiger partial charge in [-0.05, 0) is 31.9 Å². The molecule has 0 spiro atoms. The minimum absolute atomic E-state index is 0.117. The SMILES string of the molecule is COc1cc2c(cc1C1(C(C)N)CC1)OCC2. The van der Waals surface area contributed by atoms with E-state index in [1.54, 1.807) is 7.11 Å². The maximum atomic E-state index is 6.14. The van der Waals surface area contributed by atoms with Crippen molar-refractivity contribution in [1.29, 1.82) is 0 Å². The fourth-order valence-electron chi connectivity index (χ4n) is 2.87. The number of methoxy groups -OCH3 is 1. The van der Waals surface area contributed by atoms with Gasteiger partial charge in [0, 0.05) is 29.0 Å². The Morgan fingerprint density at radius 1 is 1.41 bits per heavy atom. The number of nitrogens with two attached hydrogens (primary N) is 1. The fourth-order valence-corrected chi connectivity index (χ4v) is 2.87. The largest absolute Gasteiger partial charge is 0.496 e. The normalized spacial score (nSPS) is 21.6. The topological polar surface area (TPSA) is 44.5 Å². The van der Waals surface area contributed by atoms with Crippen molar-refractivity contribution < 1.29 is 9.47 Å². The Morgan fingerprint density at radius 3 is 2.76 bits per heavy atom. The van der Waals surface area contributed by atoms with Crippen LogP contribution in [0.1, 0.15) is 30.9 Å². The second kappa shape index (κ2) is 3.64. The summed E-state index contributed by atoms with van der Waals surface area (Å²) in [5.41, 5.74) is 8.74. The number of fused-ring (bicyclic) bond motifs is 1. The highest BCUT2D eigenvalue weighted by Gasteiger charge is 2.49. The van der Waals surface area contributed by atoms with Crippen LogP contribution >= 0.6 is 0 Å². The van der Waals surface area contributed by atoms with Gasteiger partial charge in [-0.3, -0.25) is 0 Å². The smallest absolute Gasteiger partial charge is 0.123 e. The Hall–Kier alpha value is -1.22. The molecule has 0 bridgehead atoms. The van der Waals surface area contributed by atoms with Gasteiger partial charge in [0.05, 0.1) is 13.7 Å². The average molecular weight is 233 g/mol. The summed E-state index contributed by atoms with van der Waals surface area (Å²) >= 11 is 0. The first-order valence-corrected chi connectivity index (χ1v) is 6.27. The van der Waals surface area contributed by atoms with E-state index in [0.717, 1.165) is 37.4 Å². The van der Waals surface area contributed by atoms with Gasteiger partial charge in [0.25, 0.3) is 0 Å². The van der Waals surface area contributed by atoms with Gasteiger partial charge in [0.1, 0.15) is 11.5 Å². The summed E-state index contributed by atoms with van der Waals surface area (Å²) in [5, 5.41) is 0. The second-order valence-electron chi connectivity index (χ2n) is 5.20. The molecule has 3 nitrogen and oxygen atoms in total. The summed E-state index contributed by atoms with van der Waals surface area (Å²) in [4.78, 5) is 0. The number of rotatable bonds is 3. The van der Waals surface area contributed by atoms with Crippen molar-refractivity contribution in [3.8, 4) is 11.5 Å². The molecule has 1 saturated carbocycles. The second-order valence-corrected chi connectivity index (χ2v) is 5.20. The van der Waals surface area contributed by atoms with Crippen molar-refractivity contribution >= 4 is 0 Å². The summed E-state index contributed by atoms with van der Waals surface area (Å²) < 4.78 is 11.2. The van der Waals surface area contributed by atoms with Crippen LogP contribution in [0.2, 0.25) is 0 Å². The third-order valence-corrected chi connectivity index (χ3v) is 4.21. The molecular formula is C14H19NO2. The van der Waals surface area contributed by atoms with Gasteiger partial charge in [-0.25, -0.2) is 0 Å². The standard InChI is InChI=1S/C14H19NO2/c1-9(15)14(4-5-14)11-8-12-10(3-6-17-12)7-13(11)16-2/h7-9H,3-6,15H2,1-2H3. The molecule has 2 N–H and O–H groups in total. The molecule has 3 heteroatoms. The van der Waals surface area contributed by atoms with E-state index in [1.165, 1.54) is 11.1 Å². The minimum Gasteiger partial charge on any atom is -0.496 e. The zero-order valence-electron chi connectivity index (χ0n) is 10.5. The van der Waals surface area contributed by atoms with Crippen LogP contribution in [0.5, 0.6) is 11.5 Å². The molecule has 1 aliphatic carbocycles. The number of benzene rings is 1. The molecule has 1 aliphatic heterocycles. The first kappa shape index (κ1) is 10.9. The number of hydrogen-bond donors (Lipinski definition) is 1. The van der Waals surface area contributed by atoms with Crippen LogP contribution in [0.25, 0.3) is 0 Å². The fraction of sp³-hybridized carbons (Fsp3) is 0.571. The molecule has 17 heavy (non-hydrogen) atoms. The van der Waals surface area contributed by atoms with Gasteiger partial charge in [-0.2, -0.15) is 0 Å². The predicted molar refractivity (Wildman–Crippen MR) is 66.8 cm³/mol. The highest BCUT2D eigenvalue weighted by Crippen LogP contribution is 2.54. The minimum atomic E-state index is 0.117. The maximum absolute atomic E-state index is 6.14. The van der Waals surface area contributed by atoms with Gasteiger partial charge >= 0.3 is 0 Å². The molecule has 1 aromatic rings. The molecule has 3 rings (SSSR count). The van der Waals surface area contributed by atoms with Crippen molar-refractivity contribution in [1.82, 2.24) is 0 Å². The summed E-state index contributed by atoms with van der Waals surface area (Å²) in [7, 11) is 1.73. The van der Waals surface area contributed by atoms with Crippen LogP contribution in [-0.4, -0.2) is 19.8 Å². The molecule has 1 unspecified atom stereocenters. The first-order chi connectivity index (χ1) is 8.17. The lowest BCUT2D eigenvalue weighted by molar-refractivity contribution is 0.354. The molecule has 0 aromatic heterocycles. The lowest BCUT2D eigenvalue weighted by atomic mass is 9.87. The van der Waals surface area contributed by atoms with Gasteiger partial charge in [-0.1, -0.05) is 0 Å². The van der Waals surface area contributed by atoms with E-state index in [4.69, 9.17) is 15.2 Å². The van der Waals surface area contributed by atoms with Gasteiger partial charge in [0.15, 0.2) is 0 Å². The Labute approximate surface area is 102 Å². The molecule has 92 valence electrons. The van der Waals surface area contributed by atoms with E-state index in [0.29, 0.717) is 0 Å². The summed E-state index contributed by atoms with van der Waals surface area (Å²) in [6.45, 7) is 2.87. The van der Waals surface area contributed by atoms with E-state index in [1.807, 2.05) is 0 Å². The molecule has 2 aliphatic rings. The highest BCUT2D eigenvalue weighted by atomic mass is 16.5. The first-order valence-electron chi connectivity index (χ1n) is 6.27. The Balaban J connectivity index is 2.10. The Morgan fingerprint density at radius 2 is 2.18 bits per heavy atom. The van der Waals surface area contributed by atoms with E-state index < -0.39 is 0 Å². The zero-order valence-corrected chi connectivity index (χ0v) is 10.5. The Kier molecular flexibility index (Phi) is 2.33. The van der Waals surface area contributed by atoms with E-state index in [-0.39, 0.29) is 11.5 Å². The van der Waals surface area contributed by atoms with Gasteiger partial charge < -0.3 is 15.2 Å². The third kappa shape index (κ3) is 1.53. The highest BCUT2D eigenvalue weighted by molar-refractivity contribution is 5.53. The number of hydrogen-bond acceptors (Lipinski definition) is 3. The van der Waals surface area contributed by atoms with Crippen LogP contribution in [-0.2, 0) is 11.8 Å². The lowest BCUT2D eigenvalue weighted by Crippen LogP contribution is -2.31. The van der Waals surface area contributed by atoms with Crippen LogP contribution in [0.15, 0.2) is 12.1 Å². The van der Waals surface area contributed by atoms with E-state index in [2.05, 4.69) is 19.1 Å². The van der Waals surface area contributed by atoms with Crippen LogP contribution in [0.4, 0.5) is 0 Å². The molecule has 1 aromatic carbocycles. The number of ether oxygens (including phenoxy) is 2. The van der Waals surface area contributed by atoms with Crippen molar-refractivity contribution in [3.05, 3.63) is 23.3 Å². The van der Waals surface area contributed by atoms with Crippen LogP contribution in [0, 0.1) is 0 Å². The summed E-state index contributed by atoms with van der Waals surface area (Å²) in [6, 6.07) is 4.44. The van der Waals surface area contributed by atoms with E-state index >= 15 is 0 Å². The molecule has 0 saturated heterocycles. The Bertz CT molecular complexity index is 450. The maximum Gasteiger partial charge on any atom is 0.123 e. The quantitative estimate of drug-likeness (QED) is 0.868.